The van der Waals surface area contributed by atoms with E-state index in [0.717, 1.165) is 17.1 Å². The minimum absolute atomic E-state index is 0.499. The summed E-state index contributed by atoms with van der Waals surface area (Å²) in [5.74, 6) is 2.20. The molecule has 2 aromatic rings. The van der Waals surface area contributed by atoms with E-state index in [1.54, 1.807) is 13.3 Å². The Hall–Kier alpha value is -2.37. The van der Waals surface area contributed by atoms with E-state index >= 15 is 0 Å². The van der Waals surface area contributed by atoms with Gasteiger partial charge in [0.15, 0.2) is 5.82 Å². The lowest BCUT2D eigenvalue weighted by atomic mass is 10.1. The molecule has 1 aromatic heterocycles. The van der Waals surface area contributed by atoms with Crippen LogP contribution in [0.1, 0.15) is 44.1 Å². The molecule has 0 radical (unpaired) electrons. The lowest BCUT2D eigenvalue weighted by Gasteiger charge is -2.16. The number of nitrogens with one attached hydrogen (secondary N) is 2. The van der Waals surface area contributed by atoms with Gasteiger partial charge in [0.25, 0.3) is 0 Å². The van der Waals surface area contributed by atoms with Crippen molar-refractivity contribution in [2.24, 2.45) is 0 Å². The van der Waals surface area contributed by atoms with Crippen LogP contribution in [0.3, 0.4) is 0 Å². The fraction of sp³-hybridized carbons (Fsp3) is 0.500. The van der Waals surface area contributed by atoms with Crippen LogP contribution >= 0.6 is 0 Å². The molecule has 24 heavy (non-hydrogen) atoms. The highest BCUT2D eigenvalue weighted by molar-refractivity contribution is 5.38. The number of benzene rings is 1. The lowest BCUT2D eigenvalue weighted by molar-refractivity contribution is 0.414. The first-order chi connectivity index (χ1) is 11.8. The van der Waals surface area contributed by atoms with Crippen molar-refractivity contribution < 1.29 is 4.74 Å². The highest BCUT2D eigenvalue weighted by Gasteiger charge is 2.13. The molecule has 0 unspecified atom stereocenters. The van der Waals surface area contributed by atoms with Gasteiger partial charge in [0.05, 0.1) is 13.3 Å². The van der Waals surface area contributed by atoms with Crippen LogP contribution in [-0.4, -0.2) is 28.3 Å². The molecule has 0 bridgehead atoms. The van der Waals surface area contributed by atoms with E-state index in [0.29, 0.717) is 18.5 Å². The molecule has 6 nitrogen and oxygen atoms in total. The summed E-state index contributed by atoms with van der Waals surface area (Å²) in [5.41, 5.74) is 1.14. The van der Waals surface area contributed by atoms with Crippen LogP contribution in [0.25, 0.3) is 0 Å². The second-order valence-corrected chi connectivity index (χ2v) is 6.20. The molecule has 1 aliphatic carbocycles. The SMILES string of the molecule is COc1ccc(CNc2nncc(NC3CCCCCC3)n2)cc1. The Bertz CT molecular complexity index is 624. The lowest BCUT2D eigenvalue weighted by Crippen LogP contribution is -2.19. The molecule has 1 fully saturated rings. The fourth-order valence-electron chi connectivity index (χ4n) is 3.01. The zero-order valence-electron chi connectivity index (χ0n) is 14.2. The van der Waals surface area contributed by atoms with Crippen LogP contribution in [0, 0.1) is 0 Å². The van der Waals surface area contributed by atoms with Crippen LogP contribution in [-0.2, 0) is 6.54 Å². The molecule has 6 heteroatoms. The molecule has 1 aliphatic rings. The van der Waals surface area contributed by atoms with Crippen molar-refractivity contribution in [3.05, 3.63) is 36.0 Å². The van der Waals surface area contributed by atoms with Gasteiger partial charge in [-0.15, -0.1) is 5.10 Å². The molecule has 0 amide bonds. The maximum atomic E-state index is 5.17. The number of anilines is 2. The summed E-state index contributed by atoms with van der Waals surface area (Å²) in [6.07, 6.45) is 9.38. The highest BCUT2D eigenvalue weighted by Crippen LogP contribution is 2.20. The number of ether oxygens (including phenoxy) is 1. The summed E-state index contributed by atoms with van der Waals surface area (Å²) in [6.45, 7) is 0.651. The Labute approximate surface area is 143 Å². The Balaban J connectivity index is 1.55. The quantitative estimate of drug-likeness (QED) is 0.790. The van der Waals surface area contributed by atoms with Gasteiger partial charge in [0.2, 0.25) is 5.95 Å². The predicted octanol–water partition coefficient (Wildman–Crippen LogP) is 3.63. The van der Waals surface area contributed by atoms with Crippen molar-refractivity contribution in [1.29, 1.82) is 0 Å². The van der Waals surface area contributed by atoms with Crippen molar-refractivity contribution in [1.82, 2.24) is 15.2 Å². The first-order valence-corrected chi connectivity index (χ1v) is 8.66. The van der Waals surface area contributed by atoms with E-state index in [2.05, 4.69) is 25.8 Å². The zero-order valence-corrected chi connectivity index (χ0v) is 14.2. The zero-order chi connectivity index (χ0) is 16.6. The minimum Gasteiger partial charge on any atom is -0.497 e. The van der Waals surface area contributed by atoms with Crippen LogP contribution in [0.4, 0.5) is 11.8 Å². The summed E-state index contributed by atoms with van der Waals surface area (Å²) < 4.78 is 5.17. The average molecular weight is 327 g/mol. The van der Waals surface area contributed by atoms with Gasteiger partial charge in [-0.05, 0) is 30.5 Å². The molecule has 1 heterocycles. The van der Waals surface area contributed by atoms with Crippen LogP contribution in [0.15, 0.2) is 30.5 Å². The van der Waals surface area contributed by atoms with Gasteiger partial charge in [-0.2, -0.15) is 10.1 Å². The Morgan fingerprint density at radius 2 is 1.83 bits per heavy atom. The van der Waals surface area contributed by atoms with Crippen LogP contribution in [0.2, 0.25) is 0 Å². The first kappa shape index (κ1) is 16.5. The predicted molar refractivity (Wildman–Crippen MR) is 95.3 cm³/mol. The first-order valence-electron chi connectivity index (χ1n) is 8.66. The van der Waals surface area contributed by atoms with E-state index < -0.39 is 0 Å². The molecular formula is C18H25N5O. The van der Waals surface area contributed by atoms with E-state index in [4.69, 9.17) is 4.74 Å². The third kappa shape index (κ3) is 4.81. The number of hydrogen-bond acceptors (Lipinski definition) is 6. The number of hydrogen-bond donors (Lipinski definition) is 2. The molecule has 0 saturated heterocycles. The normalized spacial score (nSPS) is 15.5. The van der Waals surface area contributed by atoms with Gasteiger partial charge < -0.3 is 15.4 Å². The summed E-state index contributed by atoms with van der Waals surface area (Å²) in [5, 5.41) is 14.8. The second kappa shape index (κ2) is 8.47. The van der Waals surface area contributed by atoms with Crippen molar-refractivity contribution in [3.8, 4) is 5.75 Å². The van der Waals surface area contributed by atoms with E-state index in [9.17, 15) is 0 Å². The van der Waals surface area contributed by atoms with E-state index in [-0.39, 0.29) is 0 Å². The van der Waals surface area contributed by atoms with Gasteiger partial charge in [0.1, 0.15) is 5.75 Å². The standard InChI is InChI=1S/C18H25N5O/c1-24-16-10-8-14(9-11-16)12-19-18-22-17(13-20-23-18)21-15-6-4-2-3-5-7-15/h8-11,13,15H,2-7,12H2,1H3,(H2,19,21,22,23). The number of aromatic nitrogens is 3. The molecule has 2 N–H and O–H groups in total. The minimum atomic E-state index is 0.499. The van der Waals surface area contributed by atoms with Crippen LogP contribution < -0.4 is 15.4 Å². The molecule has 1 aromatic carbocycles. The second-order valence-electron chi connectivity index (χ2n) is 6.20. The van der Waals surface area contributed by atoms with E-state index in [1.165, 1.54) is 38.5 Å². The fourth-order valence-corrected chi connectivity index (χ4v) is 3.01. The van der Waals surface area contributed by atoms with Gasteiger partial charge in [0, 0.05) is 12.6 Å². The smallest absolute Gasteiger partial charge is 0.244 e. The van der Waals surface area contributed by atoms with Gasteiger partial charge in [-0.25, -0.2) is 0 Å². The maximum absolute atomic E-state index is 5.17. The van der Waals surface area contributed by atoms with Crippen molar-refractivity contribution in [2.45, 2.75) is 51.1 Å². The summed E-state index contributed by atoms with van der Waals surface area (Å²) in [4.78, 5) is 4.53. The molecule has 0 aliphatic heterocycles. The maximum Gasteiger partial charge on any atom is 0.244 e. The van der Waals surface area contributed by atoms with Gasteiger partial charge >= 0.3 is 0 Å². The Morgan fingerprint density at radius 1 is 1.08 bits per heavy atom. The van der Waals surface area contributed by atoms with Gasteiger partial charge in [-0.1, -0.05) is 37.8 Å². The summed E-state index contributed by atoms with van der Waals surface area (Å²) in [7, 11) is 1.67. The number of rotatable bonds is 6. The number of methoxy groups -OCH3 is 1. The third-order valence-electron chi connectivity index (χ3n) is 4.38. The monoisotopic (exact) mass is 327 g/mol. The van der Waals surface area contributed by atoms with Crippen molar-refractivity contribution >= 4 is 11.8 Å². The summed E-state index contributed by atoms with van der Waals surface area (Å²) >= 11 is 0. The van der Waals surface area contributed by atoms with Crippen LogP contribution in [0.5, 0.6) is 5.75 Å². The summed E-state index contributed by atoms with van der Waals surface area (Å²) in [6, 6.07) is 8.43. The molecule has 1 saturated carbocycles. The molecule has 3 rings (SSSR count). The Kier molecular flexibility index (Phi) is 5.82. The largest absolute Gasteiger partial charge is 0.497 e. The molecule has 0 spiro atoms. The molecule has 128 valence electrons. The molecule has 0 atom stereocenters. The van der Waals surface area contributed by atoms with Gasteiger partial charge in [-0.3, -0.25) is 0 Å². The average Bonchev–Trinajstić information content (AvgIpc) is 2.89. The third-order valence-corrected chi connectivity index (χ3v) is 4.38. The Morgan fingerprint density at radius 3 is 2.54 bits per heavy atom. The van der Waals surface area contributed by atoms with Crippen molar-refractivity contribution in [2.75, 3.05) is 17.7 Å². The van der Waals surface area contributed by atoms with E-state index in [1.807, 2.05) is 24.3 Å². The highest BCUT2D eigenvalue weighted by atomic mass is 16.5. The van der Waals surface area contributed by atoms with Crippen molar-refractivity contribution in [3.63, 3.8) is 0 Å². The number of nitrogens with zero attached hydrogens (tertiary/aromatic N) is 3. The molecular weight excluding hydrogens is 302 g/mol. The topological polar surface area (TPSA) is 72.0 Å².